The van der Waals surface area contributed by atoms with Crippen LogP contribution in [0.1, 0.15) is 48.3 Å². The number of fused-ring (bicyclic) bond motifs is 1. The predicted octanol–water partition coefficient (Wildman–Crippen LogP) is 6.17. The first-order valence-corrected chi connectivity index (χ1v) is 15.5. The number of hydrogen-bond donors (Lipinski definition) is 1. The number of aromatic nitrogens is 2. The molecule has 40 heavy (non-hydrogen) atoms. The van der Waals surface area contributed by atoms with Crippen LogP contribution in [0, 0.1) is 13.8 Å². The molecule has 4 aromatic rings. The molecule has 1 aromatic carbocycles. The number of carbonyl (C=O) groups excluding carboxylic acids is 1. The van der Waals surface area contributed by atoms with Crippen LogP contribution in [0.25, 0.3) is 21.5 Å². The molecule has 0 atom stereocenters. The molecule has 0 bridgehead atoms. The monoisotopic (exact) mass is 555 g/mol. The van der Waals surface area contributed by atoms with E-state index in [1.54, 1.807) is 11.3 Å². The average molecular weight is 556 g/mol. The van der Waals surface area contributed by atoms with Gasteiger partial charge in [0.15, 0.2) is 0 Å². The molecule has 2 aliphatic rings. The van der Waals surface area contributed by atoms with E-state index in [1.807, 2.05) is 12.4 Å². The third-order valence-electron chi connectivity index (χ3n) is 8.73. The molecule has 1 N–H and O–H groups in total. The molecule has 5 heterocycles. The summed E-state index contributed by atoms with van der Waals surface area (Å²) in [5, 5.41) is 1.28. The van der Waals surface area contributed by atoms with Crippen LogP contribution in [0.5, 0.6) is 0 Å². The van der Waals surface area contributed by atoms with Crippen LogP contribution in [0.4, 0.5) is 5.69 Å². The zero-order chi connectivity index (χ0) is 27.9. The van der Waals surface area contributed by atoms with E-state index < -0.39 is 5.41 Å². The molecule has 0 saturated carbocycles. The van der Waals surface area contributed by atoms with E-state index >= 15 is 0 Å². The topological polar surface area (TPSA) is 55.5 Å². The van der Waals surface area contributed by atoms with Gasteiger partial charge >= 0.3 is 0 Å². The van der Waals surface area contributed by atoms with Gasteiger partial charge in [-0.25, -0.2) is 0 Å². The van der Waals surface area contributed by atoms with Gasteiger partial charge in [0.05, 0.1) is 11.1 Å². The van der Waals surface area contributed by atoms with Gasteiger partial charge in [0.2, 0.25) is 5.91 Å². The first-order chi connectivity index (χ1) is 19.3. The van der Waals surface area contributed by atoms with Gasteiger partial charge in [0.1, 0.15) is 4.83 Å². The first kappa shape index (κ1) is 27.0. The second-order valence-electron chi connectivity index (χ2n) is 12.1. The maximum Gasteiger partial charge on any atom is 0.233 e. The van der Waals surface area contributed by atoms with E-state index in [2.05, 4.69) is 88.8 Å². The highest BCUT2D eigenvalue weighted by Gasteiger charge is 2.37. The lowest BCUT2D eigenvalue weighted by atomic mass is 9.89. The Labute approximate surface area is 242 Å². The highest BCUT2D eigenvalue weighted by molar-refractivity contribution is 7.19. The molecule has 6 nitrogen and oxygen atoms in total. The molecule has 7 heteroatoms. The normalized spacial score (nSPS) is 16.8. The number of aromatic amines is 1. The minimum atomic E-state index is -0.518. The fraction of sp³-hybridized carbons (Fsp3) is 0.455. The van der Waals surface area contributed by atoms with Gasteiger partial charge in [-0.1, -0.05) is 17.2 Å². The van der Waals surface area contributed by atoms with Crippen LogP contribution >= 0.6 is 11.3 Å². The maximum atomic E-state index is 13.5. The Kier molecular flexibility index (Phi) is 7.44. The van der Waals surface area contributed by atoms with Crippen molar-refractivity contribution in [2.45, 2.75) is 52.4 Å². The highest BCUT2D eigenvalue weighted by Crippen LogP contribution is 2.41. The maximum absolute atomic E-state index is 13.5. The van der Waals surface area contributed by atoms with E-state index in [1.165, 1.54) is 43.9 Å². The van der Waals surface area contributed by atoms with E-state index in [9.17, 15) is 4.79 Å². The number of hydrogen-bond acceptors (Lipinski definition) is 5. The van der Waals surface area contributed by atoms with Crippen molar-refractivity contribution >= 4 is 33.1 Å². The quantitative estimate of drug-likeness (QED) is 0.296. The molecule has 3 aromatic heterocycles. The van der Waals surface area contributed by atoms with Crippen molar-refractivity contribution < 1.29 is 4.79 Å². The Bertz CT molecular complexity index is 1470. The van der Waals surface area contributed by atoms with Crippen LogP contribution in [0.3, 0.4) is 0 Å². The predicted molar refractivity (Wildman–Crippen MR) is 167 cm³/mol. The number of anilines is 1. The molecular weight excluding hydrogens is 514 g/mol. The van der Waals surface area contributed by atoms with Gasteiger partial charge in [-0.05, 0) is 88.4 Å². The Hall–Kier alpha value is -3.16. The first-order valence-electron chi connectivity index (χ1n) is 14.7. The van der Waals surface area contributed by atoms with E-state index in [-0.39, 0.29) is 5.91 Å². The fourth-order valence-corrected chi connectivity index (χ4v) is 7.62. The third-order valence-corrected chi connectivity index (χ3v) is 10.1. The Morgan fingerprint density at radius 2 is 1.62 bits per heavy atom. The summed E-state index contributed by atoms with van der Waals surface area (Å²) in [4.78, 5) is 30.9. The van der Waals surface area contributed by atoms with E-state index in [4.69, 9.17) is 0 Å². The number of carbonyl (C=O) groups is 1. The number of pyridine rings is 1. The van der Waals surface area contributed by atoms with Crippen LogP contribution in [-0.4, -0.2) is 71.5 Å². The number of benzene rings is 1. The number of amides is 1. The zero-order valence-electron chi connectivity index (χ0n) is 24.3. The van der Waals surface area contributed by atoms with Crippen molar-refractivity contribution in [3.05, 3.63) is 70.4 Å². The number of likely N-dealkylation sites (tertiary alicyclic amines) is 1. The van der Waals surface area contributed by atoms with Crippen molar-refractivity contribution in [1.29, 1.82) is 0 Å². The van der Waals surface area contributed by atoms with Gasteiger partial charge < -0.3 is 14.8 Å². The molecule has 0 spiro atoms. The Morgan fingerprint density at radius 1 is 0.950 bits per heavy atom. The lowest BCUT2D eigenvalue weighted by molar-refractivity contribution is -0.135. The number of H-pyrrole nitrogens is 1. The van der Waals surface area contributed by atoms with E-state index in [0.29, 0.717) is 0 Å². The molecule has 1 amide bonds. The van der Waals surface area contributed by atoms with Gasteiger partial charge in [0.25, 0.3) is 0 Å². The molecule has 0 aliphatic carbocycles. The van der Waals surface area contributed by atoms with Crippen molar-refractivity contribution in [3.8, 4) is 11.3 Å². The third kappa shape index (κ3) is 5.29. The summed E-state index contributed by atoms with van der Waals surface area (Å²) in [6.45, 7) is 15.5. The lowest BCUT2D eigenvalue weighted by Gasteiger charge is -2.36. The summed E-state index contributed by atoms with van der Waals surface area (Å²) in [7, 11) is 0. The second-order valence-corrected chi connectivity index (χ2v) is 13.2. The van der Waals surface area contributed by atoms with Crippen LogP contribution in [-0.2, 0) is 16.6 Å². The van der Waals surface area contributed by atoms with Crippen molar-refractivity contribution in [2.24, 2.45) is 0 Å². The number of aryl methyl sites for hydroxylation is 2. The number of nitrogens with one attached hydrogen (secondary N) is 1. The summed E-state index contributed by atoms with van der Waals surface area (Å²) in [6, 6.07) is 13.3. The van der Waals surface area contributed by atoms with Crippen LogP contribution < -0.4 is 4.90 Å². The fourth-order valence-electron chi connectivity index (χ4n) is 6.44. The molecule has 2 saturated heterocycles. The van der Waals surface area contributed by atoms with E-state index in [0.717, 1.165) is 70.0 Å². The minimum Gasteiger partial charge on any atom is -0.369 e. The standard InChI is InChI=1S/C33H41N5OS/c1-23-19-24(2)21-25(20-23)30-27(9-14-36-15-17-37(18-16-36)26-7-10-34-11-8-26)28-22-29(40-31(28)35-30)33(3,4)32(39)38-12-5-6-13-38/h7-8,10-11,19-22,35H,5-6,9,12-18H2,1-4H3. The number of thiophene rings is 1. The van der Waals surface area contributed by atoms with Crippen LogP contribution in [0.2, 0.25) is 0 Å². The molecule has 210 valence electrons. The van der Waals surface area contributed by atoms with Gasteiger partial charge in [0, 0.05) is 74.2 Å². The summed E-state index contributed by atoms with van der Waals surface area (Å²) in [6.07, 6.45) is 6.97. The second kappa shape index (κ2) is 11.0. The van der Waals surface area contributed by atoms with Gasteiger partial charge in [-0.3, -0.25) is 14.7 Å². The SMILES string of the molecule is Cc1cc(C)cc(-c2[nH]c3sc(C(C)(C)C(=O)N4CCCC4)cc3c2CCN2CCN(c3ccncc3)CC2)c1. The summed E-state index contributed by atoms with van der Waals surface area (Å²) < 4.78 is 0. The summed E-state index contributed by atoms with van der Waals surface area (Å²) >= 11 is 1.76. The van der Waals surface area contributed by atoms with Crippen molar-refractivity contribution in [3.63, 3.8) is 0 Å². The number of nitrogens with zero attached hydrogens (tertiary/aromatic N) is 4. The number of piperazine rings is 1. The Morgan fingerprint density at radius 3 is 2.30 bits per heavy atom. The zero-order valence-corrected chi connectivity index (χ0v) is 25.1. The average Bonchev–Trinajstić information content (AvgIpc) is 3.69. The molecule has 0 unspecified atom stereocenters. The van der Waals surface area contributed by atoms with Crippen molar-refractivity contribution in [1.82, 2.24) is 19.8 Å². The van der Waals surface area contributed by atoms with Crippen LogP contribution in [0.15, 0.2) is 48.8 Å². The minimum absolute atomic E-state index is 0.261. The van der Waals surface area contributed by atoms with Gasteiger partial charge in [-0.2, -0.15) is 0 Å². The molecule has 0 radical (unpaired) electrons. The molecule has 2 aliphatic heterocycles. The largest absolute Gasteiger partial charge is 0.369 e. The highest BCUT2D eigenvalue weighted by atomic mass is 32.1. The molecule has 6 rings (SSSR count). The molecular formula is C33H41N5OS. The smallest absolute Gasteiger partial charge is 0.233 e. The van der Waals surface area contributed by atoms with Gasteiger partial charge in [-0.15, -0.1) is 11.3 Å². The summed E-state index contributed by atoms with van der Waals surface area (Å²) in [5.41, 5.74) is 7.18. The molecule has 2 fully saturated rings. The summed E-state index contributed by atoms with van der Waals surface area (Å²) in [5.74, 6) is 0.261. The lowest BCUT2D eigenvalue weighted by Crippen LogP contribution is -2.47. The number of rotatable bonds is 7. The van der Waals surface area contributed by atoms with Crippen molar-refractivity contribution in [2.75, 3.05) is 50.7 Å². The Balaban J connectivity index is 1.27.